The second-order valence-electron chi connectivity index (χ2n) is 5.81. The van der Waals surface area contributed by atoms with E-state index in [2.05, 4.69) is 0 Å². The zero-order chi connectivity index (χ0) is 15.0. The number of rotatable bonds is 1. The lowest BCUT2D eigenvalue weighted by Crippen LogP contribution is -2.56. The quantitative estimate of drug-likeness (QED) is 0.792. The molecule has 3 rings (SSSR count). The zero-order valence-electron chi connectivity index (χ0n) is 12.6. The van der Waals surface area contributed by atoms with E-state index in [1.54, 1.807) is 0 Å². The van der Waals surface area contributed by atoms with Crippen LogP contribution in [0.5, 0.6) is 11.5 Å². The lowest BCUT2D eigenvalue weighted by atomic mass is 10.1. The molecule has 4 unspecified atom stereocenters. The van der Waals surface area contributed by atoms with Crippen molar-refractivity contribution >= 4 is 5.91 Å². The van der Waals surface area contributed by atoms with Crippen LogP contribution in [0.3, 0.4) is 0 Å². The fourth-order valence-corrected chi connectivity index (χ4v) is 2.93. The summed E-state index contributed by atoms with van der Waals surface area (Å²) in [4.78, 5) is 14.5. The summed E-state index contributed by atoms with van der Waals surface area (Å²) in [5.74, 6) is 1.29. The Morgan fingerprint density at radius 1 is 1.05 bits per heavy atom. The number of nitrogens with zero attached hydrogens (tertiary/aromatic N) is 1. The second-order valence-corrected chi connectivity index (χ2v) is 5.81. The molecule has 1 aromatic carbocycles. The minimum atomic E-state index is -0.600. The maximum absolute atomic E-state index is 12.7. The summed E-state index contributed by atoms with van der Waals surface area (Å²) in [6, 6.07) is 7.44. The number of carbonyl (C=O) groups excluding carboxylic acids is 1. The number of ether oxygens (including phenoxy) is 3. The van der Waals surface area contributed by atoms with Crippen LogP contribution in [0.1, 0.15) is 20.8 Å². The molecule has 1 aromatic rings. The molecule has 0 saturated carbocycles. The molecular weight excluding hydrogens is 270 g/mol. The van der Waals surface area contributed by atoms with Gasteiger partial charge in [-0.25, -0.2) is 0 Å². The predicted octanol–water partition coefficient (Wildman–Crippen LogP) is 1.85. The molecule has 1 saturated heterocycles. The predicted molar refractivity (Wildman–Crippen MR) is 77.5 cm³/mol. The molecule has 4 atom stereocenters. The normalized spacial score (nSPS) is 31.9. The first-order valence-corrected chi connectivity index (χ1v) is 7.41. The van der Waals surface area contributed by atoms with Crippen molar-refractivity contribution in [1.29, 1.82) is 0 Å². The molecule has 5 heteroatoms. The van der Waals surface area contributed by atoms with E-state index in [0.717, 1.165) is 0 Å². The molecule has 0 radical (unpaired) electrons. The summed E-state index contributed by atoms with van der Waals surface area (Å²) in [6.07, 6.45) is -0.812. The Balaban J connectivity index is 1.76. The highest BCUT2D eigenvalue weighted by atomic mass is 16.6. The zero-order valence-corrected chi connectivity index (χ0v) is 12.6. The van der Waals surface area contributed by atoms with Gasteiger partial charge in [0.15, 0.2) is 11.5 Å². The second kappa shape index (κ2) is 5.56. The third-order valence-corrected chi connectivity index (χ3v) is 3.82. The van der Waals surface area contributed by atoms with Gasteiger partial charge in [0.2, 0.25) is 6.10 Å². The van der Waals surface area contributed by atoms with Crippen molar-refractivity contribution in [2.24, 2.45) is 0 Å². The van der Waals surface area contributed by atoms with Gasteiger partial charge in [0.25, 0.3) is 5.91 Å². The average molecular weight is 291 g/mol. The highest BCUT2D eigenvalue weighted by Crippen LogP contribution is 2.34. The molecule has 1 amide bonds. The van der Waals surface area contributed by atoms with E-state index in [1.807, 2.05) is 49.9 Å². The first kappa shape index (κ1) is 14.2. The van der Waals surface area contributed by atoms with Crippen molar-refractivity contribution in [1.82, 2.24) is 4.90 Å². The molecule has 0 aromatic heterocycles. The summed E-state index contributed by atoms with van der Waals surface area (Å²) >= 11 is 0. The topological polar surface area (TPSA) is 48.0 Å². The third kappa shape index (κ3) is 2.83. The van der Waals surface area contributed by atoms with E-state index in [0.29, 0.717) is 24.6 Å². The van der Waals surface area contributed by atoms with E-state index in [1.165, 1.54) is 0 Å². The first-order valence-electron chi connectivity index (χ1n) is 7.41. The lowest BCUT2D eigenvalue weighted by molar-refractivity contribution is -0.155. The van der Waals surface area contributed by atoms with Crippen LogP contribution in [-0.2, 0) is 9.53 Å². The van der Waals surface area contributed by atoms with Gasteiger partial charge in [-0.1, -0.05) is 12.1 Å². The van der Waals surface area contributed by atoms with Gasteiger partial charge in [-0.3, -0.25) is 4.79 Å². The largest absolute Gasteiger partial charge is 0.482 e. The van der Waals surface area contributed by atoms with Crippen molar-refractivity contribution in [2.45, 2.75) is 45.2 Å². The number of hydrogen-bond acceptors (Lipinski definition) is 4. The Labute approximate surface area is 124 Å². The molecule has 5 nitrogen and oxygen atoms in total. The van der Waals surface area contributed by atoms with Gasteiger partial charge in [0, 0.05) is 13.1 Å². The van der Waals surface area contributed by atoms with E-state index >= 15 is 0 Å². The minimum absolute atomic E-state index is 0.0287. The van der Waals surface area contributed by atoms with Crippen molar-refractivity contribution in [3.05, 3.63) is 24.3 Å². The number of benzene rings is 1. The Morgan fingerprint density at radius 2 is 1.62 bits per heavy atom. The van der Waals surface area contributed by atoms with Gasteiger partial charge in [0.1, 0.15) is 6.10 Å². The van der Waals surface area contributed by atoms with Crippen LogP contribution in [0.15, 0.2) is 24.3 Å². The summed E-state index contributed by atoms with van der Waals surface area (Å²) in [5.41, 5.74) is 0. The van der Waals surface area contributed by atoms with Crippen molar-refractivity contribution in [2.75, 3.05) is 13.1 Å². The molecule has 2 heterocycles. The highest BCUT2D eigenvalue weighted by molar-refractivity contribution is 5.82. The maximum Gasteiger partial charge on any atom is 0.267 e. The van der Waals surface area contributed by atoms with Crippen molar-refractivity contribution in [3.8, 4) is 11.5 Å². The van der Waals surface area contributed by atoms with E-state index in [-0.39, 0.29) is 24.2 Å². The Bertz CT molecular complexity index is 523. The molecule has 1 fully saturated rings. The summed E-state index contributed by atoms with van der Waals surface area (Å²) in [7, 11) is 0. The molecule has 21 heavy (non-hydrogen) atoms. The van der Waals surface area contributed by atoms with Crippen LogP contribution in [0.4, 0.5) is 0 Å². The number of morpholine rings is 1. The Hall–Kier alpha value is -1.75. The Kier molecular flexibility index (Phi) is 3.76. The lowest BCUT2D eigenvalue weighted by Gasteiger charge is -2.39. The fourth-order valence-electron chi connectivity index (χ4n) is 2.93. The summed E-state index contributed by atoms with van der Waals surface area (Å²) < 4.78 is 17.3. The van der Waals surface area contributed by atoms with Crippen LogP contribution in [0.25, 0.3) is 0 Å². The van der Waals surface area contributed by atoms with Crippen LogP contribution < -0.4 is 9.47 Å². The van der Waals surface area contributed by atoms with Crippen LogP contribution in [0, 0.1) is 0 Å². The molecule has 2 aliphatic rings. The van der Waals surface area contributed by atoms with Gasteiger partial charge >= 0.3 is 0 Å². The van der Waals surface area contributed by atoms with Crippen LogP contribution >= 0.6 is 0 Å². The van der Waals surface area contributed by atoms with Crippen LogP contribution in [0.2, 0.25) is 0 Å². The first-order chi connectivity index (χ1) is 10.0. The standard InChI is InChI=1S/C16H21NO4/c1-10-8-17(9-11(2)19-10)16(18)15-12(3)20-13-6-4-5-7-14(13)21-15/h4-7,10-12,15H,8-9H2,1-3H3. The van der Waals surface area contributed by atoms with E-state index < -0.39 is 6.10 Å². The summed E-state index contributed by atoms with van der Waals surface area (Å²) in [6.45, 7) is 7.01. The summed E-state index contributed by atoms with van der Waals surface area (Å²) in [5, 5.41) is 0. The van der Waals surface area contributed by atoms with Crippen molar-refractivity contribution < 1.29 is 19.0 Å². The Morgan fingerprint density at radius 3 is 2.24 bits per heavy atom. The van der Waals surface area contributed by atoms with E-state index in [4.69, 9.17) is 14.2 Å². The van der Waals surface area contributed by atoms with Gasteiger partial charge < -0.3 is 19.1 Å². The molecule has 0 bridgehead atoms. The number of hydrogen-bond donors (Lipinski definition) is 0. The smallest absolute Gasteiger partial charge is 0.267 e. The average Bonchev–Trinajstić information content (AvgIpc) is 2.44. The minimum Gasteiger partial charge on any atom is -0.482 e. The third-order valence-electron chi connectivity index (χ3n) is 3.82. The molecular formula is C16H21NO4. The fraction of sp³-hybridized carbons (Fsp3) is 0.562. The molecule has 0 aliphatic carbocycles. The monoisotopic (exact) mass is 291 g/mol. The number of para-hydroxylation sites is 2. The SMILES string of the molecule is CC1CN(C(=O)C2Oc3ccccc3OC2C)CC(C)O1. The van der Waals surface area contributed by atoms with Gasteiger partial charge in [-0.05, 0) is 32.9 Å². The number of amides is 1. The van der Waals surface area contributed by atoms with Gasteiger partial charge in [0.05, 0.1) is 12.2 Å². The maximum atomic E-state index is 12.7. The highest BCUT2D eigenvalue weighted by Gasteiger charge is 2.38. The van der Waals surface area contributed by atoms with Crippen LogP contribution in [-0.4, -0.2) is 48.3 Å². The number of carbonyl (C=O) groups is 1. The number of fused-ring (bicyclic) bond motifs is 1. The van der Waals surface area contributed by atoms with Gasteiger partial charge in [-0.2, -0.15) is 0 Å². The molecule has 2 aliphatic heterocycles. The van der Waals surface area contributed by atoms with E-state index in [9.17, 15) is 4.79 Å². The van der Waals surface area contributed by atoms with Crippen molar-refractivity contribution in [3.63, 3.8) is 0 Å². The van der Waals surface area contributed by atoms with Gasteiger partial charge in [-0.15, -0.1) is 0 Å². The molecule has 0 N–H and O–H groups in total. The molecule has 0 spiro atoms. The molecule has 114 valence electrons.